The van der Waals surface area contributed by atoms with Gasteiger partial charge in [0, 0.05) is 44.8 Å². The molecule has 0 unspecified atom stereocenters. The molecule has 3 aliphatic heterocycles. The van der Waals surface area contributed by atoms with Crippen molar-refractivity contribution in [3.8, 4) is 17.2 Å². The zero-order valence-corrected chi connectivity index (χ0v) is 17.5. The largest absolute Gasteiger partial charge is 0.495 e. The molecule has 2 fully saturated rings. The Balaban J connectivity index is 1.14. The van der Waals surface area contributed by atoms with E-state index in [2.05, 4.69) is 4.90 Å². The minimum atomic E-state index is -0.129. The first-order valence-electron chi connectivity index (χ1n) is 10.5. The molecule has 0 spiro atoms. The van der Waals surface area contributed by atoms with Crippen molar-refractivity contribution >= 4 is 17.5 Å². The lowest BCUT2D eigenvalue weighted by atomic mass is 9.96. The summed E-state index contributed by atoms with van der Waals surface area (Å²) in [4.78, 5) is 31.5. The van der Waals surface area contributed by atoms with Gasteiger partial charge in [0.1, 0.15) is 5.75 Å². The summed E-state index contributed by atoms with van der Waals surface area (Å²) in [6, 6.07) is 13.1. The highest BCUT2D eigenvalue weighted by atomic mass is 16.7. The van der Waals surface area contributed by atoms with Crippen molar-refractivity contribution in [3.63, 3.8) is 0 Å². The summed E-state index contributed by atoms with van der Waals surface area (Å²) < 4.78 is 16.1. The number of nitrogens with zero attached hydrogens (tertiary/aromatic N) is 3. The molecule has 0 aromatic heterocycles. The normalized spacial score (nSPS) is 18.0. The molecule has 3 aliphatic rings. The van der Waals surface area contributed by atoms with E-state index in [4.69, 9.17) is 14.2 Å². The zero-order chi connectivity index (χ0) is 21.4. The van der Waals surface area contributed by atoms with E-state index in [-0.39, 0.29) is 24.5 Å². The number of methoxy groups -OCH3 is 1. The SMILES string of the molecule is COc1ccccc1N1CCN(C(=O)C2CN(C(=O)c3ccc4c(c3)OCO4)C2)CC1. The van der Waals surface area contributed by atoms with Crippen LogP contribution < -0.4 is 19.1 Å². The smallest absolute Gasteiger partial charge is 0.254 e. The van der Waals surface area contributed by atoms with E-state index >= 15 is 0 Å². The van der Waals surface area contributed by atoms with Gasteiger partial charge < -0.3 is 28.9 Å². The Morgan fingerprint density at radius 2 is 1.68 bits per heavy atom. The molecule has 2 aromatic rings. The second kappa shape index (κ2) is 8.02. The van der Waals surface area contributed by atoms with Crippen LogP contribution in [0.5, 0.6) is 17.2 Å². The van der Waals surface area contributed by atoms with Crippen molar-refractivity contribution in [2.75, 3.05) is 58.1 Å². The first-order chi connectivity index (χ1) is 15.1. The summed E-state index contributed by atoms with van der Waals surface area (Å²) in [5.41, 5.74) is 1.61. The van der Waals surface area contributed by atoms with Crippen LogP contribution in [0.15, 0.2) is 42.5 Å². The van der Waals surface area contributed by atoms with E-state index in [1.54, 1.807) is 30.2 Å². The topological polar surface area (TPSA) is 71.6 Å². The Bertz CT molecular complexity index is 996. The van der Waals surface area contributed by atoms with Gasteiger partial charge in [0.2, 0.25) is 12.7 Å². The lowest BCUT2D eigenvalue weighted by Gasteiger charge is -2.43. The lowest BCUT2D eigenvalue weighted by Crippen LogP contribution is -2.59. The first kappa shape index (κ1) is 19.5. The Morgan fingerprint density at radius 1 is 0.935 bits per heavy atom. The van der Waals surface area contributed by atoms with Crippen LogP contribution in [0.25, 0.3) is 0 Å². The number of carbonyl (C=O) groups is 2. The number of anilines is 1. The highest BCUT2D eigenvalue weighted by molar-refractivity contribution is 5.96. The molecule has 162 valence electrons. The predicted octanol–water partition coefficient (Wildman–Crippen LogP) is 1.84. The Hall–Kier alpha value is -3.42. The fourth-order valence-corrected chi connectivity index (χ4v) is 4.33. The van der Waals surface area contributed by atoms with Gasteiger partial charge in [-0.2, -0.15) is 0 Å². The molecule has 0 aliphatic carbocycles. The van der Waals surface area contributed by atoms with Crippen LogP contribution in [-0.2, 0) is 4.79 Å². The van der Waals surface area contributed by atoms with Crippen LogP contribution in [0, 0.1) is 5.92 Å². The van der Waals surface area contributed by atoms with Gasteiger partial charge in [-0.1, -0.05) is 12.1 Å². The molecule has 2 aromatic carbocycles. The van der Waals surface area contributed by atoms with Crippen LogP contribution in [0.4, 0.5) is 5.69 Å². The van der Waals surface area contributed by atoms with Crippen LogP contribution in [0.3, 0.4) is 0 Å². The molecular weight excluding hydrogens is 398 g/mol. The van der Waals surface area contributed by atoms with E-state index in [0.717, 1.165) is 24.5 Å². The van der Waals surface area contributed by atoms with Crippen LogP contribution in [0.2, 0.25) is 0 Å². The van der Waals surface area contributed by atoms with E-state index < -0.39 is 0 Å². The number of rotatable bonds is 4. The number of hydrogen-bond donors (Lipinski definition) is 0. The Kier molecular flexibility index (Phi) is 5.05. The lowest BCUT2D eigenvalue weighted by molar-refractivity contribution is -0.140. The molecule has 0 N–H and O–H groups in total. The highest BCUT2D eigenvalue weighted by Gasteiger charge is 2.39. The molecule has 31 heavy (non-hydrogen) atoms. The third-order valence-corrected chi connectivity index (χ3v) is 6.15. The molecule has 3 heterocycles. The number of hydrogen-bond acceptors (Lipinski definition) is 6. The number of ether oxygens (including phenoxy) is 3. The number of likely N-dealkylation sites (tertiary alicyclic amines) is 1. The summed E-state index contributed by atoms with van der Waals surface area (Å²) in [5, 5.41) is 0. The average Bonchev–Trinajstić information content (AvgIpc) is 3.26. The minimum Gasteiger partial charge on any atom is -0.495 e. The summed E-state index contributed by atoms with van der Waals surface area (Å²) in [7, 11) is 1.67. The number of fused-ring (bicyclic) bond motifs is 1. The monoisotopic (exact) mass is 423 g/mol. The van der Waals surface area contributed by atoms with Gasteiger partial charge in [-0.15, -0.1) is 0 Å². The fourth-order valence-electron chi connectivity index (χ4n) is 4.33. The maximum Gasteiger partial charge on any atom is 0.254 e. The minimum absolute atomic E-state index is 0.0802. The fraction of sp³-hybridized carbons (Fsp3) is 0.391. The Labute approximate surface area is 180 Å². The summed E-state index contributed by atoms with van der Waals surface area (Å²) >= 11 is 0. The van der Waals surface area contributed by atoms with Gasteiger partial charge in [-0.25, -0.2) is 0 Å². The van der Waals surface area contributed by atoms with Crippen molar-refractivity contribution in [2.24, 2.45) is 5.92 Å². The average molecular weight is 423 g/mol. The molecule has 2 saturated heterocycles. The van der Waals surface area contributed by atoms with E-state index in [1.807, 2.05) is 29.2 Å². The summed E-state index contributed by atoms with van der Waals surface area (Å²) in [5.74, 6) is 2.01. The number of para-hydroxylation sites is 2. The van der Waals surface area contributed by atoms with Gasteiger partial charge >= 0.3 is 0 Å². The standard InChI is InChI=1S/C23H25N3O5/c1-29-19-5-3-2-4-18(19)24-8-10-25(11-9-24)23(28)17-13-26(14-17)22(27)16-6-7-20-21(12-16)31-15-30-20/h2-7,12,17H,8-11,13-15H2,1H3. The van der Waals surface area contributed by atoms with E-state index in [0.29, 0.717) is 43.2 Å². The maximum absolute atomic E-state index is 12.9. The first-order valence-corrected chi connectivity index (χ1v) is 10.5. The highest BCUT2D eigenvalue weighted by Crippen LogP contribution is 2.34. The zero-order valence-electron chi connectivity index (χ0n) is 17.5. The summed E-state index contributed by atoms with van der Waals surface area (Å²) in [6.07, 6.45) is 0. The van der Waals surface area contributed by atoms with E-state index in [9.17, 15) is 9.59 Å². The van der Waals surface area contributed by atoms with Gasteiger partial charge in [-0.3, -0.25) is 9.59 Å². The van der Waals surface area contributed by atoms with Crippen molar-refractivity contribution in [3.05, 3.63) is 48.0 Å². The number of carbonyl (C=O) groups excluding carboxylic acids is 2. The van der Waals surface area contributed by atoms with E-state index in [1.165, 1.54) is 0 Å². The van der Waals surface area contributed by atoms with Gasteiger partial charge in [0.05, 0.1) is 18.7 Å². The maximum atomic E-state index is 12.9. The third-order valence-electron chi connectivity index (χ3n) is 6.15. The quantitative estimate of drug-likeness (QED) is 0.748. The molecule has 0 atom stereocenters. The van der Waals surface area contributed by atoms with Crippen molar-refractivity contribution in [1.29, 1.82) is 0 Å². The molecule has 0 saturated carbocycles. The van der Waals surface area contributed by atoms with Crippen LogP contribution in [-0.4, -0.2) is 74.8 Å². The molecule has 8 nitrogen and oxygen atoms in total. The Morgan fingerprint density at radius 3 is 2.45 bits per heavy atom. The number of piperazine rings is 1. The molecular formula is C23H25N3O5. The number of benzene rings is 2. The van der Waals surface area contributed by atoms with Crippen molar-refractivity contribution in [2.45, 2.75) is 0 Å². The van der Waals surface area contributed by atoms with Gasteiger partial charge in [0.15, 0.2) is 11.5 Å². The molecule has 2 amide bonds. The molecule has 0 radical (unpaired) electrons. The van der Waals surface area contributed by atoms with Crippen LogP contribution in [0.1, 0.15) is 10.4 Å². The van der Waals surface area contributed by atoms with Gasteiger partial charge in [-0.05, 0) is 30.3 Å². The second-order valence-electron chi connectivity index (χ2n) is 7.96. The predicted molar refractivity (Wildman–Crippen MR) is 114 cm³/mol. The van der Waals surface area contributed by atoms with Crippen molar-refractivity contribution < 1.29 is 23.8 Å². The molecule has 8 heteroatoms. The molecule has 5 rings (SSSR count). The second-order valence-corrected chi connectivity index (χ2v) is 7.96. The van der Waals surface area contributed by atoms with Crippen molar-refractivity contribution in [1.82, 2.24) is 9.80 Å². The summed E-state index contributed by atoms with van der Waals surface area (Å²) in [6.45, 7) is 3.96. The number of amides is 2. The third kappa shape index (κ3) is 3.62. The van der Waals surface area contributed by atoms with Gasteiger partial charge in [0.25, 0.3) is 5.91 Å². The van der Waals surface area contributed by atoms with Crippen LogP contribution >= 0.6 is 0 Å². The molecule has 0 bridgehead atoms.